The van der Waals surface area contributed by atoms with Gasteiger partial charge in [-0.15, -0.1) is 0 Å². The van der Waals surface area contributed by atoms with Crippen LogP contribution in [0.4, 0.5) is 0 Å². The normalized spacial score (nSPS) is 34.6. The minimum Gasteiger partial charge on any atom is -0.465 e. The maximum atomic E-state index is 12.9. The van der Waals surface area contributed by atoms with Gasteiger partial charge < -0.3 is 9.84 Å². The molecular formula is C23H27NO5. The number of unbranched alkanes of at least 4 members (excludes halogenated alkanes) is 1. The zero-order chi connectivity index (χ0) is 20.2. The van der Waals surface area contributed by atoms with Crippen molar-refractivity contribution >= 4 is 17.8 Å². The van der Waals surface area contributed by atoms with Crippen molar-refractivity contribution in [2.45, 2.75) is 57.0 Å². The van der Waals surface area contributed by atoms with Gasteiger partial charge in [0.05, 0.1) is 28.7 Å². The molecule has 0 saturated heterocycles. The molecule has 2 unspecified atom stereocenters. The van der Waals surface area contributed by atoms with Gasteiger partial charge >= 0.3 is 5.97 Å². The standard InChI is InChI=1S/C23H27NO5/c25-19-17-5-1-2-6-18(17)20(26)24(19)7-3-4-8-29-21(27)22-10-15-9-16(11-22)13-23(28,12-15)14-22/h1-2,5-6,15-16,28H,3-4,7-14H2/t15-,16+,22?,23?. The first kappa shape index (κ1) is 18.8. The van der Waals surface area contributed by atoms with Crippen LogP contribution in [0.5, 0.6) is 0 Å². The molecule has 0 aromatic heterocycles. The number of hydrogen-bond donors (Lipinski definition) is 1. The summed E-state index contributed by atoms with van der Waals surface area (Å²) in [6.07, 6.45) is 6.24. The lowest BCUT2D eigenvalue weighted by Crippen LogP contribution is -2.58. The van der Waals surface area contributed by atoms with E-state index in [-0.39, 0.29) is 24.4 Å². The average Bonchev–Trinajstić information content (AvgIpc) is 2.90. The number of amides is 2. The summed E-state index contributed by atoms with van der Waals surface area (Å²) in [5.41, 5.74) is -0.247. The lowest BCUT2D eigenvalue weighted by atomic mass is 9.48. The van der Waals surface area contributed by atoms with E-state index in [1.54, 1.807) is 24.3 Å². The SMILES string of the molecule is O=C1c2ccccc2C(=O)N1CCCCOC(=O)C12C[C@@H]3C[C@@H](CC(O)(C3)C1)C2. The lowest BCUT2D eigenvalue weighted by molar-refractivity contribution is -0.196. The zero-order valence-corrected chi connectivity index (χ0v) is 16.6. The van der Waals surface area contributed by atoms with E-state index in [1.165, 1.54) is 4.90 Å². The van der Waals surface area contributed by atoms with E-state index >= 15 is 0 Å². The van der Waals surface area contributed by atoms with Crippen LogP contribution < -0.4 is 0 Å². The highest BCUT2D eigenvalue weighted by Crippen LogP contribution is 2.61. The predicted octanol–water partition coefficient (Wildman–Crippen LogP) is 2.94. The van der Waals surface area contributed by atoms with Gasteiger partial charge in [-0.2, -0.15) is 0 Å². The van der Waals surface area contributed by atoms with Crippen molar-refractivity contribution in [3.05, 3.63) is 35.4 Å². The highest BCUT2D eigenvalue weighted by molar-refractivity contribution is 6.21. The second-order valence-electron chi connectivity index (χ2n) is 9.62. The first-order valence-corrected chi connectivity index (χ1v) is 10.7. The Hall–Kier alpha value is -2.21. The third kappa shape index (κ3) is 3.08. The third-order valence-electron chi connectivity index (χ3n) is 7.35. The average molecular weight is 397 g/mol. The molecule has 4 aliphatic carbocycles. The summed E-state index contributed by atoms with van der Waals surface area (Å²) >= 11 is 0. The molecular weight excluding hydrogens is 370 g/mol. The van der Waals surface area contributed by atoms with Gasteiger partial charge in [0.1, 0.15) is 0 Å². The summed E-state index contributed by atoms with van der Waals surface area (Å²) in [7, 11) is 0. The Kier molecular flexibility index (Phi) is 4.32. The van der Waals surface area contributed by atoms with E-state index in [0.717, 1.165) is 32.1 Å². The number of carbonyl (C=O) groups is 3. The molecule has 4 atom stereocenters. The van der Waals surface area contributed by atoms with Gasteiger partial charge in [0.2, 0.25) is 0 Å². The maximum absolute atomic E-state index is 12.9. The molecule has 1 aromatic rings. The van der Waals surface area contributed by atoms with Crippen LogP contribution in [0, 0.1) is 17.3 Å². The van der Waals surface area contributed by atoms with Crippen LogP contribution in [0.15, 0.2) is 24.3 Å². The van der Waals surface area contributed by atoms with Crippen LogP contribution in [-0.4, -0.2) is 46.5 Å². The molecule has 2 amide bonds. The van der Waals surface area contributed by atoms with Crippen LogP contribution in [0.3, 0.4) is 0 Å². The van der Waals surface area contributed by atoms with E-state index in [1.807, 2.05) is 0 Å². The smallest absolute Gasteiger partial charge is 0.312 e. The van der Waals surface area contributed by atoms with Crippen LogP contribution >= 0.6 is 0 Å². The molecule has 4 fully saturated rings. The summed E-state index contributed by atoms with van der Waals surface area (Å²) in [5, 5.41) is 10.8. The van der Waals surface area contributed by atoms with Gasteiger partial charge in [0.15, 0.2) is 0 Å². The summed E-state index contributed by atoms with van der Waals surface area (Å²) < 4.78 is 5.61. The second-order valence-corrected chi connectivity index (χ2v) is 9.62. The molecule has 1 aromatic carbocycles. The molecule has 4 saturated carbocycles. The van der Waals surface area contributed by atoms with Gasteiger partial charge in [-0.1, -0.05) is 12.1 Å². The quantitative estimate of drug-likeness (QED) is 0.453. The van der Waals surface area contributed by atoms with Crippen molar-refractivity contribution in [3.8, 4) is 0 Å². The van der Waals surface area contributed by atoms with Gasteiger partial charge in [0.25, 0.3) is 11.8 Å². The Morgan fingerprint density at radius 3 is 2.24 bits per heavy atom. The highest BCUT2D eigenvalue weighted by atomic mass is 16.5. The fourth-order valence-electron chi connectivity index (χ4n) is 6.59. The van der Waals surface area contributed by atoms with Crippen molar-refractivity contribution in [2.75, 3.05) is 13.2 Å². The topological polar surface area (TPSA) is 83.9 Å². The fraction of sp³-hybridized carbons (Fsp3) is 0.609. The minimum absolute atomic E-state index is 0.161. The van der Waals surface area contributed by atoms with Gasteiger partial charge in [-0.05, 0) is 75.3 Å². The number of rotatable bonds is 6. The molecule has 6 rings (SSSR count). The predicted molar refractivity (Wildman–Crippen MR) is 104 cm³/mol. The first-order chi connectivity index (χ1) is 13.9. The molecule has 1 N–H and O–H groups in total. The number of benzene rings is 1. The Morgan fingerprint density at radius 2 is 1.66 bits per heavy atom. The van der Waals surface area contributed by atoms with Gasteiger partial charge in [0, 0.05) is 6.54 Å². The number of aliphatic hydroxyl groups is 1. The first-order valence-electron chi connectivity index (χ1n) is 10.7. The van der Waals surface area contributed by atoms with Crippen molar-refractivity contribution in [2.24, 2.45) is 17.3 Å². The number of hydrogen-bond acceptors (Lipinski definition) is 5. The molecule has 6 nitrogen and oxygen atoms in total. The molecule has 1 heterocycles. The van der Waals surface area contributed by atoms with Crippen molar-refractivity contribution in [1.29, 1.82) is 0 Å². The number of ether oxygens (including phenoxy) is 1. The Morgan fingerprint density at radius 1 is 1.03 bits per heavy atom. The highest BCUT2D eigenvalue weighted by Gasteiger charge is 2.60. The lowest BCUT2D eigenvalue weighted by Gasteiger charge is -2.58. The summed E-state index contributed by atoms with van der Waals surface area (Å²) in [6, 6.07) is 6.87. The monoisotopic (exact) mass is 397 g/mol. The molecule has 4 bridgehead atoms. The third-order valence-corrected chi connectivity index (χ3v) is 7.35. The number of imide groups is 1. The Balaban J connectivity index is 1.11. The molecule has 1 aliphatic heterocycles. The van der Waals surface area contributed by atoms with Crippen LogP contribution in [0.25, 0.3) is 0 Å². The minimum atomic E-state index is -0.672. The van der Waals surface area contributed by atoms with Gasteiger partial charge in [-0.25, -0.2) is 0 Å². The number of fused-ring (bicyclic) bond motifs is 1. The van der Waals surface area contributed by atoms with Crippen LogP contribution in [0.1, 0.15) is 72.1 Å². The summed E-state index contributed by atoms with van der Waals surface area (Å²) in [5.74, 6) is 0.241. The van der Waals surface area contributed by atoms with E-state index in [4.69, 9.17) is 4.74 Å². The van der Waals surface area contributed by atoms with E-state index in [0.29, 0.717) is 48.8 Å². The summed E-state index contributed by atoms with van der Waals surface area (Å²) in [6.45, 7) is 0.621. The number of nitrogens with zero attached hydrogens (tertiary/aromatic N) is 1. The molecule has 154 valence electrons. The van der Waals surface area contributed by atoms with Crippen molar-refractivity contribution in [1.82, 2.24) is 4.90 Å². The van der Waals surface area contributed by atoms with Crippen molar-refractivity contribution in [3.63, 3.8) is 0 Å². The molecule has 0 radical (unpaired) electrons. The number of carbonyl (C=O) groups excluding carboxylic acids is 3. The largest absolute Gasteiger partial charge is 0.465 e. The van der Waals surface area contributed by atoms with Crippen molar-refractivity contribution < 1.29 is 24.2 Å². The molecule has 6 heteroatoms. The van der Waals surface area contributed by atoms with E-state index in [2.05, 4.69) is 0 Å². The van der Waals surface area contributed by atoms with E-state index in [9.17, 15) is 19.5 Å². The van der Waals surface area contributed by atoms with Crippen LogP contribution in [-0.2, 0) is 9.53 Å². The second kappa shape index (κ2) is 6.66. The maximum Gasteiger partial charge on any atom is 0.312 e. The summed E-state index contributed by atoms with van der Waals surface area (Å²) in [4.78, 5) is 38.9. The zero-order valence-electron chi connectivity index (χ0n) is 16.6. The molecule has 5 aliphatic rings. The Labute approximate surface area is 170 Å². The van der Waals surface area contributed by atoms with E-state index < -0.39 is 11.0 Å². The Bertz CT molecular complexity index is 829. The number of esters is 1. The fourth-order valence-corrected chi connectivity index (χ4v) is 6.59. The molecule has 0 spiro atoms. The van der Waals surface area contributed by atoms with Gasteiger partial charge in [-0.3, -0.25) is 19.3 Å². The molecule has 29 heavy (non-hydrogen) atoms. The van der Waals surface area contributed by atoms with Crippen LogP contribution in [0.2, 0.25) is 0 Å².